The minimum Gasteiger partial charge on any atom is -0.356 e. The van der Waals surface area contributed by atoms with Crippen molar-refractivity contribution in [3.05, 3.63) is 0 Å². The van der Waals surface area contributed by atoms with Crippen molar-refractivity contribution in [2.75, 3.05) is 13.7 Å². The van der Waals surface area contributed by atoms with Gasteiger partial charge in [0.15, 0.2) is 6.29 Å². The molecule has 0 fully saturated rings. The first-order valence-electron chi connectivity index (χ1n) is 5.99. The van der Waals surface area contributed by atoms with Crippen molar-refractivity contribution < 1.29 is 9.47 Å². The molecule has 0 N–H and O–H groups in total. The molecule has 0 aliphatic heterocycles. The Balaban J connectivity index is 3.04. The molecule has 0 heterocycles. The van der Waals surface area contributed by atoms with Gasteiger partial charge < -0.3 is 9.47 Å². The van der Waals surface area contributed by atoms with Crippen molar-refractivity contribution in [2.45, 2.75) is 65.1 Å². The van der Waals surface area contributed by atoms with Crippen molar-refractivity contribution in [1.29, 1.82) is 0 Å². The number of hydrogen-bond donors (Lipinski definition) is 0. The second-order valence-electron chi connectivity index (χ2n) is 3.71. The molecule has 2 nitrogen and oxygen atoms in total. The minimum atomic E-state index is 0.00522. The molecule has 14 heavy (non-hydrogen) atoms. The van der Waals surface area contributed by atoms with Gasteiger partial charge in [-0.2, -0.15) is 0 Å². The zero-order chi connectivity index (χ0) is 10.6. The maximum atomic E-state index is 5.52. The highest BCUT2D eigenvalue weighted by molar-refractivity contribution is 4.44. The highest BCUT2D eigenvalue weighted by Crippen LogP contribution is 2.06. The van der Waals surface area contributed by atoms with Crippen LogP contribution in [0.1, 0.15) is 58.8 Å². The Morgan fingerprint density at radius 1 is 0.929 bits per heavy atom. The molecule has 1 atom stereocenters. The normalized spacial score (nSPS) is 13.1. The van der Waals surface area contributed by atoms with E-state index in [2.05, 4.69) is 13.8 Å². The molecule has 0 spiro atoms. The summed E-state index contributed by atoms with van der Waals surface area (Å²) in [5.41, 5.74) is 0. The fraction of sp³-hybridized carbons (Fsp3) is 1.00. The van der Waals surface area contributed by atoms with E-state index in [1.165, 1.54) is 38.5 Å². The lowest BCUT2D eigenvalue weighted by Crippen LogP contribution is -2.14. The van der Waals surface area contributed by atoms with E-state index >= 15 is 0 Å². The molecule has 0 aromatic carbocycles. The quantitative estimate of drug-likeness (QED) is 0.397. The van der Waals surface area contributed by atoms with Crippen LogP contribution in [0.4, 0.5) is 0 Å². The average molecular weight is 202 g/mol. The van der Waals surface area contributed by atoms with Crippen LogP contribution in [0, 0.1) is 0 Å². The molecule has 0 saturated heterocycles. The second-order valence-corrected chi connectivity index (χ2v) is 3.71. The third-order valence-corrected chi connectivity index (χ3v) is 2.40. The zero-order valence-electron chi connectivity index (χ0n) is 10.1. The number of rotatable bonds is 10. The summed E-state index contributed by atoms with van der Waals surface area (Å²) in [5.74, 6) is 0. The van der Waals surface area contributed by atoms with Crippen molar-refractivity contribution in [3.8, 4) is 0 Å². The highest BCUT2D eigenvalue weighted by Gasteiger charge is 2.02. The molecular weight excluding hydrogens is 176 g/mol. The summed E-state index contributed by atoms with van der Waals surface area (Å²) in [6, 6.07) is 0. The van der Waals surface area contributed by atoms with Crippen LogP contribution in [0.15, 0.2) is 0 Å². The van der Waals surface area contributed by atoms with Crippen LogP contribution in [0.3, 0.4) is 0 Å². The summed E-state index contributed by atoms with van der Waals surface area (Å²) in [7, 11) is 1.70. The monoisotopic (exact) mass is 202 g/mol. The molecular formula is C12H26O2. The van der Waals surface area contributed by atoms with Gasteiger partial charge in [-0.15, -0.1) is 0 Å². The van der Waals surface area contributed by atoms with E-state index in [4.69, 9.17) is 9.47 Å². The number of unbranched alkanes of at least 4 members (excludes halogenated alkanes) is 5. The fourth-order valence-corrected chi connectivity index (χ4v) is 1.45. The van der Waals surface area contributed by atoms with E-state index < -0.39 is 0 Å². The van der Waals surface area contributed by atoms with E-state index in [0.29, 0.717) is 0 Å². The van der Waals surface area contributed by atoms with Crippen LogP contribution in [0.25, 0.3) is 0 Å². The van der Waals surface area contributed by atoms with Crippen molar-refractivity contribution >= 4 is 0 Å². The smallest absolute Gasteiger partial charge is 0.156 e. The summed E-state index contributed by atoms with van der Waals surface area (Å²) in [6.45, 7) is 5.17. The molecule has 0 radical (unpaired) electrons. The van der Waals surface area contributed by atoms with Gasteiger partial charge in [-0.3, -0.25) is 0 Å². The standard InChI is InChI=1S/C12H26O2/c1-4-6-7-8-9-10-11-14-12(5-2)13-3/h12H,4-11H2,1-3H3. The molecule has 0 amide bonds. The summed E-state index contributed by atoms with van der Waals surface area (Å²) in [5, 5.41) is 0. The van der Waals surface area contributed by atoms with Gasteiger partial charge in [-0.25, -0.2) is 0 Å². The zero-order valence-corrected chi connectivity index (χ0v) is 10.1. The Morgan fingerprint density at radius 3 is 2.14 bits per heavy atom. The van der Waals surface area contributed by atoms with Crippen LogP contribution >= 0.6 is 0 Å². The van der Waals surface area contributed by atoms with E-state index in [9.17, 15) is 0 Å². The summed E-state index contributed by atoms with van der Waals surface area (Å²) in [4.78, 5) is 0. The van der Waals surface area contributed by atoms with Crippen LogP contribution < -0.4 is 0 Å². The number of hydrogen-bond acceptors (Lipinski definition) is 2. The molecule has 2 heteroatoms. The van der Waals surface area contributed by atoms with Gasteiger partial charge in [0.25, 0.3) is 0 Å². The predicted octanol–water partition coefficient (Wildman–Crippen LogP) is 3.75. The molecule has 0 aliphatic rings. The van der Waals surface area contributed by atoms with E-state index in [1.54, 1.807) is 7.11 Å². The predicted molar refractivity (Wildman–Crippen MR) is 60.4 cm³/mol. The molecule has 0 bridgehead atoms. The molecule has 86 valence electrons. The topological polar surface area (TPSA) is 18.5 Å². The van der Waals surface area contributed by atoms with Crippen molar-refractivity contribution in [1.82, 2.24) is 0 Å². The highest BCUT2D eigenvalue weighted by atomic mass is 16.7. The lowest BCUT2D eigenvalue weighted by atomic mass is 10.1. The number of methoxy groups -OCH3 is 1. The van der Waals surface area contributed by atoms with Gasteiger partial charge in [-0.05, 0) is 12.8 Å². The van der Waals surface area contributed by atoms with E-state index in [-0.39, 0.29) is 6.29 Å². The van der Waals surface area contributed by atoms with Gasteiger partial charge in [0.1, 0.15) is 0 Å². The molecule has 1 unspecified atom stereocenters. The lowest BCUT2D eigenvalue weighted by molar-refractivity contribution is -0.125. The average Bonchev–Trinajstić information content (AvgIpc) is 2.22. The number of ether oxygens (including phenoxy) is 2. The lowest BCUT2D eigenvalue weighted by Gasteiger charge is -2.13. The largest absolute Gasteiger partial charge is 0.356 e. The van der Waals surface area contributed by atoms with Crippen LogP contribution in [0.5, 0.6) is 0 Å². The summed E-state index contributed by atoms with van der Waals surface area (Å²) >= 11 is 0. The first-order chi connectivity index (χ1) is 6.85. The van der Waals surface area contributed by atoms with Gasteiger partial charge in [0.2, 0.25) is 0 Å². The van der Waals surface area contributed by atoms with E-state index in [1.807, 2.05) is 0 Å². The maximum absolute atomic E-state index is 5.52. The van der Waals surface area contributed by atoms with E-state index in [0.717, 1.165) is 13.0 Å². The van der Waals surface area contributed by atoms with Crippen molar-refractivity contribution in [3.63, 3.8) is 0 Å². The SMILES string of the molecule is CCCCCCCCOC(CC)OC. The van der Waals surface area contributed by atoms with Crippen molar-refractivity contribution in [2.24, 2.45) is 0 Å². The van der Waals surface area contributed by atoms with Gasteiger partial charge in [0.05, 0.1) is 0 Å². The third-order valence-electron chi connectivity index (χ3n) is 2.40. The first-order valence-corrected chi connectivity index (χ1v) is 5.99. The third kappa shape index (κ3) is 8.52. The molecule has 0 aliphatic carbocycles. The Kier molecular flexibility index (Phi) is 10.9. The van der Waals surface area contributed by atoms with Gasteiger partial charge in [-0.1, -0.05) is 46.0 Å². The molecule has 0 rings (SSSR count). The molecule has 0 aromatic rings. The Morgan fingerprint density at radius 2 is 1.57 bits per heavy atom. The fourth-order valence-electron chi connectivity index (χ4n) is 1.45. The summed E-state index contributed by atoms with van der Waals surface area (Å²) in [6.07, 6.45) is 8.81. The Hall–Kier alpha value is -0.0800. The van der Waals surface area contributed by atoms with Crippen LogP contribution in [-0.4, -0.2) is 20.0 Å². The molecule has 0 saturated carbocycles. The summed E-state index contributed by atoms with van der Waals surface area (Å²) < 4.78 is 10.6. The molecule has 0 aromatic heterocycles. The minimum absolute atomic E-state index is 0.00522. The first kappa shape index (κ1) is 13.9. The van der Waals surface area contributed by atoms with Gasteiger partial charge in [0, 0.05) is 13.7 Å². The van der Waals surface area contributed by atoms with Crippen LogP contribution in [0.2, 0.25) is 0 Å². The second kappa shape index (κ2) is 11.0. The van der Waals surface area contributed by atoms with Gasteiger partial charge >= 0.3 is 0 Å². The van der Waals surface area contributed by atoms with Crippen LogP contribution in [-0.2, 0) is 9.47 Å². The maximum Gasteiger partial charge on any atom is 0.156 e. The Bertz CT molecular complexity index is 100. The Labute approximate surface area is 89.0 Å².